The average Bonchev–Trinajstić information content (AvgIpc) is 2.79. The fourth-order valence-corrected chi connectivity index (χ4v) is 3.90. The highest BCUT2D eigenvalue weighted by atomic mass is 79.9. The number of amides is 1. The molecule has 0 fully saturated rings. The molecule has 0 aliphatic rings. The maximum atomic E-state index is 14.9. The van der Waals surface area contributed by atoms with Gasteiger partial charge in [-0.25, -0.2) is 9.38 Å². The second-order valence-corrected chi connectivity index (χ2v) is 8.92. The van der Waals surface area contributed by atoms with Crippen molar-refractivity contribution >= 4 is 74.6 Å². The van der Waals surface area contributed by atoms with E-state index in [4.69, 9.17) is 34.8 Å². The van der Waals surface area contributed by atoms with E-state index in [0.29, 0.717) is 12.5 Å². The number of aliphatic imine (C=N–C) groups is 2. The van der Waals surface area contributed by atoms with E-state index < -0.39 is 23.8 Å². The molecule has 2 rings (SSSR count). The van der Waals surface area contributed by atoms with Crippen LogP contribution in [0.15, 0.2) is 50.9 Å². The molecular formula is C22H18BrCl3F4N4O. The summed E-state index contributed by atoms with van der Waals surface area (Å²) in [6, 6.07) is 5.56. The van der Waals surface area contributed by atoms with Gasteiger partial charge in [-0.2, -0.15) is 13.2 Å². The minimum Gasteiger partial charge on any atom is -0.267 e. The number of benzene rings is 2. The summed E-state index contributed by atoms with van der Waals surface area (Å²) in [5, 5.41) is -0.495. The lowest BCUT2D eigenvalue weighted by atomic mass is 9.96. The number of carbonyl (C=O) groups is 1. The van der Waals surface area contributed by atoms with Crippen LogP contribution in [0.3, 0.4) is 0 Å². The van der Waals surface area contributed by atoms with Gasteiger partial charge >= 0.3 is 6.18 Å². The molecule has 2 N–H and O–H groups in total. The van der Waals surface area contributed by atoms with Crippen molar-refractivity contribution in [1.82, 2.24) is 10.9 Å². The molecule has 2 aromatic carbocycles. The molecule has 35 heavy (non-hydrogen) atoms. The van der Waals surface area contributed by atoms with Crippen LogP contribution in [0.2, 0.25) is 15.1 Å². The van der Waals surface area contributed by atoms with Crippen LogP contribution in [-0.4, -0.2) is 31.3 Å². The van der Waals surface area contributed by atoms with Gasteiger partial charge in [0.25, 0.3) is 5.91 Å². The standard InChI is InChI=1S/C22H18BrCl3F4N4O/c1-3-6-32-21(31-2)34-33-20(35)13-5-4-11(7-15(13)23)18(27)10-14(22(28,29)30)12-8-16(24)19(26)17(25)9-12/h4-10,14H,3H2,1-2H3,(H,31,34)(H,33,35)/b18-10-,32-6-. The van der Waals surface area contributed by atoms with Crippen molar-refractivity contribution in [1.29, 1.82) is 0 Å². The highest BCUT2D eigenvalue weighted by Crippen LogP contribution is 2.42. The number of nitrogens with one attached hydrogen (secondary N) is 2. The highest BCUT2D eigenvalue weighted by molar-refractivity contribution is 9.10. The fraction of sp³-hybridized carbons (Fsp3) is 0.227. The summed E-state index contributed by atoms with van der Waals surface area (Å²) in [6.07, 6.45) is -2.20. The van der Waals surface area contributed by atoms with E-state index in [-0.39, 0.29) is 42.2 Å². The summed E-state index contributed by atoms with van der Waals surface area (Å²) in [5.74, 6) is -3.98. The number of guanidine groups is 1. The number of carbonyl (C=O) groups excluding carboxylic acids is 1. The van der Waals surface area contributed by atoms with Gasteiger partial charge in [0, 0.05) is 23.3 Å². The number of allylic oxidation sites excluding steroid dienone is 1. The van der Waals surface area contributed by atoms with Crippen LogP contribution in [0.1, 0.15) is 40.7 Å². The third-order valence-corrected chi connectivity index (χ3v) is 6.27. The third kappa shape index (κ3) is 7.93. The Bertz CT molecular complexity index is 1160. The van der Waals surface area contributed by atoms with Gasteiger partial charge < -0.3 is 0 Å². The molecule has 0 saturated carbocycles. The Morgan fingerprint density at radius 1 is 1.14 bits per heavy atom. The predicted molar refractivity (Wildman–Crippen MR) is 136 cm³/mol. The molecule has 0 radical (unpaired) electrons. The largest absolute Gasteiger partial charge is 0.399 e. The monoisotopic (exact) mass is 614 g/mol. The Balaban J connectivity index is 2.31. The Morgan fingerprint density at radius 3 is 2.29 bits per heavy atom. The first-order valence-corrected chi connectivity index (χ1v) is 11.8. The van der Waals surface area contributed by atoms with Gasteiger partial charge in [-0.1, -0.05) is 47.8 Å². The van der Waals surface area contributed by atoms with Gasteiger partial charge in [-0.3, -0.25) is 20.6 Å². The molecule has 5 nitrogen and oxygen atoms in total. The Morgan fingerprint density at radius 2 is 1.77 bits per heavy atom. The number of halogens is 8. The molecule has 0 bridgehead atoms. The van der Waals surface area contributed by atoms with Gasteiger partial charge in [0.2, 0.25) is 5.96 Å². The molecule has 1 atom stereocenters. The van der Waals surface area contributed by atoms with Crippen LogP contribution in [0.4, 0.5) is 17.6 Å². The first kappa shape index (κ1) is 29.1. The van der Waals surface area contributed by atoms with Crippen molar-refractivity contribution in [3.63, 3.8) is 0 Å². The summed E-state index contributed by atoms with van der Waals surface area (Å²) in [7, 11) is 1.47. The molecule has 0 saturated heterocycles. The topological polar surface area (TPSA) is 65.8 Å². The summed E-state index contributed by atoms with van der Waals surface area (Å²) in [5.41, 5.74) is 4.43. The minimum atomic E-state index is -4.85. The van der Waals surface area contributed by atoms with E-state index in [1.165, 1.54) is 25.2 Å². The van der Waals surface area contributed by atoms with Crippen molar-refractivity contribution in [2.45, 2.75) is 25.4 Å². The van der Waals surface area contributed by atoms with Crippen molar-refractivity contribution in [3.05, 3.63) is 72.6 Å². The maximum Gasteiger partial charge on any atom is 0.399 e. The molecular weight excluding hydrogens is 599 g/mol. The van der Waals surface area contributed by atoms with E-state index in [9.17, 15) is 22.4 Å². The van der Waals surface area contributed by atoms with Crippen LogP contribution in [0.25, 0.3) is 5.83 Å². The lowest BCUT2D eigenvalue weighted by molar-refractivity contribution is -0.139. The smallest absolute Gasteiger partial charge is 0.267 e. The van der Waals surface area contributed by atoms with Crippen LogP contribution in [-0.2, 0) is 0 Å². The van der Waals surface area contributed by atoms with Crippen LogP contribution in [0, 0.1) is 0 Å². The van der Waals surface area contributed by atoms with Crippen molar-refractivity contribution in [3.8, 4) is 0 Å². The second kappa shape index (κ2) is 12.7. The maximum absolute atomic E-state index is 14.9. The normalized spacial score (nSPS) is 13.8. The Hall–Kier alpha value is -2.14. The second-order valence-electron chi connectivity index (χ2n) is 6.87. The van der Waals surface area contributed by atoms with Crippen LogP contribution in [0.5, 0.6) is 0 Å². The highest BCUT2D eigenvalue weighted by Gasteiger charge is 2.40. The zero-order chi connectivity index (χ0) is 26.3. The SMILES string of the molecule is CC/C=N\C(=NC)NNC(=O)c1ccc(/C(F)=C/C(c2cc(Cl)c(Cl)c(Cl)c2)C(F)(F)F)cc1Br. The van der Waals surface area contributed by atoms with Gasteiger partial charge in [0.15, 0.2) is 0 Å². The molecule has 2 aromatic rings. The molecule has 0 aromatic heterocycles. The summed E-state index contributed by atoms with van der Waals surface area (Å²) in [4.78, 5) is 20.3. The van der Waals surface area contributed by atoms with Gasteiger partial charge in [0.05, 0.1) is 20.6 Å². The van der Waals surface area contributed by atoms with Crippen LogP contribution >= 0.6 is 50.7 Å². The number of hydrogen-bond donors (Lipinski definition) is 2. The van der Waals surface area contributed by atoms with Gasteiger partial charge in [0.1, 0.15) is 11.7 Å². The average molecular weight is 617 g/mol. The van der Waals surface area contributed by atoms with Gasteiger partial charge in [-0.15, -0.1) is 0 Å². The lowest BCUT2D eigenvalue weighted by Crippen LogP contribution is -2.41. The summed E-state index contributed by atoms with van der Waals surface area (Å²) < 4.78 is 56.3. The number of hydrogen-bond acceptors (Lipinski definition) is 2. The predicted octanol–water partition coefficient (Wildman–Crippen LogP) is 7.77. The molecule has 0 heterocycles. The quantitative estimate of drug-likeness (QED) is 0.119. The number of rotatable bonds is 5. The lowest BCUT2D eigenvalue weighted by Gasteiger charge is -2.19. The molecule has 1 unspecified atom stereocenters. The molecule has 1 amide bonds. The van der Waals surface area contributed by atoms with E-state index in [0.717, 1.165) is 12.1 Å². The summed E-state index contributed by atoms with van der Waals surface area (Å²) in [6.45, 7) is 1.87. The van der Waals surface area contributed by atoms with E-state index >= 15 is 0 Å². The number of nitrogens with zero attached hydrogens (tertiary/aromatic N) is 2. The Labute approximate surface area is 222 Å². The zero-order valence-corrected chi connectivity index (χ0v) is 22.0. The summed E-state index contributed by atoms with van der Waals surface area (Å²) >= 11 is 20.7. The van der Waals surface area contributed by atoms with E-state index in [2.05, 4.69) is 36.8 Å². The minimum absolute atomic E-state index is 0.0904. The van der Waals surface area contributed by atoms with Gasteiger partial charge in [-0.05, 0) is 58.3 Å². The van der Waals surface area contributed by atoms with Crippen molar-refractivity contribution in [2.75, 3.05) is 7.05 Å². The fourth-order valence-electron chi connectivity index (χ4n) is 2.73. The molecule has 13 heteroatoms. The number of hydrazine groups is 1. The van der Waals surface area contributed by atoms with Crippen molar-refractivity contribution < 1.29 is 22.4 Å². The van der Waals surface area contributed by atoms with Crippen molar-refractivity contribution in [2.24, 2.45) is 9.98 Å². The van der Waals surface area contributed by atoms with E-state index in [1.54, 1.807) is 6.21 Å². The van der Waals surface area contributed by atoms with Crippen LogP contribution < -0.4 is 10.9 Å². The molecule has 188 valence electrons. The first-order valence-electron chi connectivity index (χ1n) is 9.83. The third-order valence-electron chi connectivity index (χ3n) is 4.42. The number of alkyl halides is 3. The molecule has 0 aliphatic carbocycles. The first-order chi connectivity index (χ1) is 16.4. The zero-order valence-electron chi connectivity index (χ0n) is 18.2. The molecule has 0 spiro atoms. The Kier molecular flexibility index (Phi) is 10.6. The van der Waals surface area contributed by atoms with E-state index in [1.807, 2.05) is 6.92 Å². The molecule has 0 aliphatic heterocycles.